The fraction of sp³-hybridized carbons (Fsp3) is 0.222. The van der Waals surface area contributed by atoms with Crippen LogP contribution in [-0.2, 0) is 14.2 Å². The smallest absolute Gasteiger partial charge is 0.453 e. The number of carbonyl (C=O) groups excluding carboxylic acids is 3. The van der Waals surface area contributed by atoms with E-state index in [2.05, 4.69) is 67.4 Å². The van der Waals surface area contributed by atoms with Gasteiger partial charge in [-0.25, -0.2) is 27.6 Å². The van der Waals surface area contributed by atoms with Gasteiger partial charge < -0.3 is 14.2 Å². The van der Waals surface area contributed by atoms with Crippen LogP contribution in [0.1, 0.15) is 22.3 Å². The summed E-state index contributed by atoms with van der Waals surface area (Å²) >= 11 is 18.7. The summed E-state index contributed by atoms with van der Waals surface area (Å²) in [5.74, 6) is -1.57. The summed E-state index contributed by atoms with van der Waals surface area (Å²) in [5.41, 5.74) is 1.23. The molecule has 0 saturated carbocycles. The second kappa shape index (κ2) is 34.8. The van der Waals surface area contributed by atoms with Gasteiger partial charge in [0.1, 0.15) is 37.5 Å². The van der Waals surface area contributed by atoms with Crippen LogP contribution in [0.2, 0.25) is 15.1 Å². The number of anilines is 3. The molecule has 3 aromatic carbocycles. The molecular weight excluding hydrogens is 1350 g/mol. The first-order chi connectivity index (χ1) is 22.2. The number of rotatable bonds is 3. The van der Waals surface area contributed by atoms with Gasteiger partial charge in [-0.05, 0) is 87.6 Å². The van der Waals surface area contributed by atoms with E-state index in [0.717, 1.165) is 6.07 Å². The van der Waals surface area contributed by atoms with Gasteiger partial charge in [0.05, 0.1) is 51.3 Å². The zero-order valence-corrected chi connectivity index (χ0v) is 39.8. The number of hydrogen-bond donors (Lipinski definition) is 3. The van der Waals surface area contributed by atoms with E-state index in [9.17, 15) is 27.6 Å². The quantitative estimate of drug-likeness (QED) is 0.115. The summed E-state index contributed by atoms with van der Waals surface area (Å²) in [7, 11) is 3.72. The summed E-state index contributed by atoms with van der Waals surface area (Å²) in [5, 5.41) is 7.06. The van der Waals surface area contributed by atoms with E-state index in [1.165, 1.54) is 57.7 Å². The van der Waals surface area contributed by atoms with Crippen molar-refractivity contribution in [3.8, 4) is 0 Å². The number of nitrogens with one attached hydrogen (secondary N) is 3. The van der Waals surface area contributed by atoms with E-state index < -0.39 is 55.8 Å². The Morgan fingerprint density at radius 2 is 1.04 bits per heavy atom. The molecule has 52 heavy (non-hydrogen) atoms. The molecule has 0 atom stereocenters. The molecule has 0 radical (unpaired) electrons. The van der Waals surface area contributed by atoms with E-state index in [0.29, 0.717) is 24.2 Å². The Labute approximate surface area is 393 Å². The van der Waals surface area contributed by atoms with Crippen LogP contribution in [0.3, 0.4) is 0 Å². The molecule has 0 unspecified atom stereocenters. The fourth-order valence-electron chi connectivity index (χ4n) is 2.31. The zero-order valence-electron chi connectivity index (χ0n) is 24.8. The third-order valence-corrected chi connectivity index (χ3v) is 7.52. The minimum atomic E-state index is -5.94. The Morgan fingerprint density at radius 1 is 0.654 bits per heavy atom. The fourth-order valence-corrected chi connectivity index (χ4v) is 3.95. The Balaban J connectivity index is -0.000000135. The van der Waals surface area contributed by atoms with E-state index in [4.69, 9.17) is 48.5 Å². The van der Waals surface area contributed by atoms with Crippen molar-refractivity contribution in [1.82, 2.24) is 0 Å². The summed E-state index contributed by atoms with van der Waals surface area (Å²) in [6.45, 7) is 0. The third-order valence-electron chi connectivity index (χ3n) is 4.24. The van der Waals surface area contributed by atoms with E-state index >= 15 is 0 Å². The van der Waals surface area contributed by atoms with Gasteiger partial charge in [0.2, 0.25) is 0 Å². The molecule has 0 spiro atoms. The van der Waals surface area contributed by atoms with Gasteiger partial charge >= 0.3 is 47.8 Å². The number of benzene rings is 3. The molecule has 0 aliphatic heterocycles. The molecule has 3 aromatic rings. The van der Waals surface area contributed by atoms with Crippen LogP contribution in [0.5, 0.6) is 0 Å². The molecule has 0 aromatic heterocycles. The molecule has 13 nitrogen and oxygen atoms in total. The number of ether oxygens (including phenoxy) is 3. The first kappa shape index (κ1) is 64.5. The predicted molar refractivity (Wildman–Crippen MR) is 216 cm³/mol. The third kappa shape index (κ3) is 29.8. The second-order valence-electron chi connectivity index (χ2n) is 7.33. The first-order valence-corrected chi connectivity index (χ1v) is 24.4. The van der Waals surface area contributed by atoms with Crippen molar-refractivity contribution in [3.05, 3.63) is 82.1 Å². The molecule has 0 aliphatic carbocycles. The number of amides is 3. The number of carbonyl (C=O) groups is 3. The summed E-state index contributed by atoms with van der Waals surface area (Å²) in [4.78, 5) is 32.4. The molecule has 0 heterocycles. The first-order valence-electron chi connectivity index (χ1n) is 11.3. The average molecular weight is 1380 g/mol. The number of methoxy groups -OCH3 is 3. The van der Waals surface area contributed by atoms with Crippen LogP contribution >= 0.6 is 117 Å². The van der Waals surface area contributed by atoms with Crippen molar-refractivity contribution >= 4 is 153 Å². The molecule has 0 saturated heterocycles. The predicted octanol–water partition coefficient (Wildman–Crippen LogP) is 2.11. The number of hydrogen-bond acceptors (Lipinski definition) is 10. The van der Waals surface area contributed by atoms with Crippen LogP contribution in [0.4, 0.5) is 44.6 Å². The molecule has 0 bridgehead atoms. The van der Waals surface area contributed by atoms with Crippen LogP contribution in [0.25, 0.3) is 0 Å². The molecule has 3 N–H and O–H groups in total. The van der Waals surface area contributed by atoms with Crippen LogP contribution in [-0.4, -0.2) is 39.6 Å². The Hall–Kier alpha value is 0.620. The Morgan fingerprint density at radius 3 is 1.46 bits per heavy atom. The standard InChI is InChI=1S/2C8H6ClFINO2.C8H7ClFNO2.3CH4.I2.IO4.Na/c1-14-8(13)12-7-2-4(9)5(10)3-6(7)11;1-14-8(13)12-5-3-2-4(10)6(9)7(5)11;1-13-8(12)11-5-2-3-7(10)6(9)4-5;;;;1-2;2-1(3,4)5;/h2*2-3H,1H3,(H,12,13);2-4H,1H3,(H,11,12);3*1H4;;;/q;;;;;;;-1;+1. The monoisotopic (exact) mass is 1380 g/mol. The Bertz CT molecular complexity index is 1500. The van der Waals surface area contributed by atoms with Crippen molar-refractivity contribution in [2.24, 2.45) is 0 Å². The van der Waals surface area contributed by atoms with E-state index in [-0.39, 0.29) is 66.9 Å². The van der Waals surface area contributed by atoms with Crippen molar-refractivity contribution in [3.63, 3.8) is 0 Å². The summed E-state index contributed by atoms with van der Waals surface area (Å²) < 4.78 is 87.0. The molecular formula is C27H31Cl3F3I5N3NaO10. The second-order valence-corrected chi connectivity index (χ2v) is 12.9. The van der Waals surface area contributed by atoms with Crippen molar-refractivity contribution in [2.45, 2.75) is 22.3 Å². The maximum Gasteiger partial charge on any atom is 1.00 e. The maximum absolute atomic E-state index is 12.9. The molecule has 0 aliphatic rings. The van der Waals surface area contributed by atoms with E-state index in [1.54, 1.807) is 0 Å². The topological polar surface area (TPSA) is 207 Å². The van der Waals surface area contributed by atoms with Gasteiger partial charge in [0.25, 0.3) is 0 Å². The van der Waals surface area contributed by atoms with Gasteiger partial charge in [0, 0.05) is 46.5 Å². The SMILES string of the molecule is C.C.C.COC(=O)Nc1cc(Cl)c(F)cc1I.COC(=O)Nc1ccc(F)c(Cl)c1.COC(=O)Nc1ccc(F)c(Cl)c1I.II.[Na+].[O-][I+3]([O-])([O-])[O-]. The molecule has 292 valence electrons. The Kier molecular flexibility index (Phi) is 43.2. The minimum absolute atomic E-state index is 0. The van der Waals surface area contributed by atoms with Crippen LogP contribution in [0, 0.1) is 24.6 Å². The van der Waals surface area contributed by atoms with Gasteiger partial charge in [-0.15, -0.1) is 0 Å². The van der Waals surface area contributed by atoms with E-state index in [1.807, 2.05) is 45.2 Å². The number of halogens is 11. The largest absolute Gasteiger partial charge is 1.00 e. The van der Waals surface area contributed by atoms with Crippen molar-refractivity contribution < 1.29 is 105 Å². The van der Waals surface area contributed by atoms with Gasteiger partial charge in [-0.1, -0.05) is 57.1 Å². The summed E-state index contributed by atoms with van der Waals surface area (Å²) in [6.07, 6.45) is -1.86. The molecule has 25 heteroatoms. The van der Waals surface area contributed by atoms with Crippen molar-refractivity contribution in [2.75, 3.05) is 37.3 Å². The van der Waals surface area contributed by atoms with Gasteiger partial charge in [-0.3, -0.25) is 29.7 Å². The van der Waals surface area contributed by atoms with Gasteiger partial charge in [-0.2, -0.15) is 0 Å². The van der Waals surface area contributed by atoms with Crippen LogP contribution in [0.15, 0.2) is 42.5 Å². The molecule has 3 rings (SSSR count). The zero-order chi connectivity index (χ0) is 37.8. The molecule has 3 amide bonds. The summed E-state index contributed by atoms with van der Waals surface area (Å²) in [6, 6.07) is 9.00. The maximum atomic E-state index is 12.9. The molecule has 0 fully saturated rings. The van der Waals surface area contributed by atoms with Crippen LogP contribution < -0.4 is 79.3 Å². The van der Waals surface area contributed by atoms with Gasteiger partial charge in [0.15, 0.2) is 0 Å². The normalized spacial score (nSPS) is 8.87. The average Bonchev–Trinajstić information content (AvgIpc) is 3.02. The minimum Gasteiger partial charge on any atom is -0.453 e. The van der Waals surface area contributed by atoms with Crippen molar-refractivity contribution in [1.29, 1.82) is 0 Å².